The molecule has 0 saturated carbocycles. The number of hydrogen-bond acceptors (Lipinski definition) is 3. The molecule has 1 aromatic heterocycles. The van der Waals surface area contributed by atoms with Crippen LogP contribution >= 0.6 is 0 Å². The van der Waals surface area contributed by atoms with Crippen molar-refractivity contribution in [2.75, 3.05) is 0 Å². The second-order valence-corrected chi connectivity index (χ2v) is 5.57. The van der Waals surface area contributed by atoms with E-state index in [-0.39, 0.29) is 0 Å². The summed E-state index contributed by atoms with van der Waals surface area (Å²) >= 11 is 0. The zero-order valence-corrected chi connectivity index (χ0v) is 11.5. The van der Waals surface area contributed by atoms with Crippen molar-refractivity contribution in [3.63, 3.8) is 0 Å². The molecule has 0 N–H and O–H groups in total. The van der Waals surface area contributed by atoms with E-state index in [0.717, 1.165) is 0 Å². The van der Waals surface area contributed by atoms with E-state index in [4.69, 9.17) is 16.2 Å². The topological polar surface area (TPSA) is 31.4 Å². The first kappa shape index (κ1) is 9.79. The Kier molecular flexibility index (Phi) is 2.18. The van der Waals surface area contributed by atoms with E-state index in [2.05, 4.69) is 4.98 Å². The summed E-state index contributed by atoms with van der Waals surface area (Å²) in [7, 11) is -1.36. The Morgan fingerprint density at radius 1 is 1.25 bits per heavy atom. The fourth-order valence-electron chi connectivity index (χ4n) is 1.67. The number of aromatic nitrogens is 1. The van der Waals surface area contributed by atoms with E-state index >= 15 is 0 Å². The summed E-state index contributed by atoms with van der Waals surface area (Å²) in [6, 6.07) is -0.967. The van der Waals surface area contributed by atoms with E-state index in [9.17, 15) is 13.2 Å². The number of alkyl halides is 3. The summed E-state index contributed by atoms with van der Waals surface area (Å²) in [4.78, 5) is 3.11. The maximum Gasteiger partial charge on any atom is 0.496 e. The van der Waals surface area contributed by atoms with Gasteiger partial charge in [0.15, 0.2) is 0 Å². The van der Waals surface area contributed by atoms with Crippen molar-refractivity contribution >= 4 is 12.6 Å². The third-order valence-electron chi connectivity index (χ3n) is 3.54. The average Bonchev–Trinajstić information content (AvgIpc) is 2.53. The largest absolute Gasteiger partial charge is 0.496 e. The first-order valence-corrected chi connectivity index (χ1v) is 5.93. The van der Waals surface area contributed by atoms with Gasteiger partial charge in [-0.1, -0.05) is 6.04 Å². The van der Waals surface area contributed by atoms with Gasteiger partial charge in [-0.25, -0.2) is 0 Å². The zero-order chi connectivity index (χ0) is 19.6. The fourth-order valence-corrected chi connectivity index (χ4v) is 1.67. The number of hydrogen-bond donors (Lipinski definition) is 0. The predicted octanol–water partition coefficient (Wildman–Crippen LogP) is 2.71. The van der Waals surface area contributed by atoms with Gasteiger partial charge in [-0.3, -0.25) is 4.98 Å². The molecule has 1 fully saturated rings. The Balaban J connectivity index is 2.71. The highest BCUT2D eigenvalue weighted by atomic mass is 19.4. The lowest BCUT2D eigenvalue weighted by molar-refractivity contribution is -0.141. The Morgan fingerprint density at radius 2 is 1.80 bits per heavy atom. The molecule has 0 bridgehead atoms. The summed E-state index contributed by atoms with van der Waals surface area (Å²) in [6.07, 6.45) is -6.01. The van der Waals surface area contributed by atoms with Crippen molar-refractivity contribution in [1.29, 1.82) is 0 Å². The fraction of sp³-hybridized carbons (Fsp3) is 0.615. The van der Waals surface area contributed by atoms with Gasteiger partial charge in [-0.15, -0.1) is 0 Å². The smallest absolute Gasteiger partial charge is 0.399 e. The first-order valence-electron chi connectivity index (χ1n) is 8.43. The van der Waals surface area contributed by atoms with Gasteiger partial charge in [-0.05, 0) is 40.1 Å². The molecule has 20 heavy (non-hydrogen) atoms. The highest BCUT2D eigenvalue weighted by Gasteiger charge is 2.52. The van der Waals surface area contributed by atoms with Crippen LogP contribution in [0.15, 0.2) is 12.2 Å². The third-order valence-corrected chi connectivity index (χ3v) is 3.54. The van der Waals surface area contributed by atoms with E-state index in [0.29, 0.717) is 0 Å². The summed E-state index contributed by atoms with van der Waals surface area (Å²) in [5.74, 6) is 0. The van der Waals surface area contributed by atoms with Gasteiger partial charge in [0.05, 0.1) is 13.9 Å². The molecule has 2 heterocycles. The third kappa shape index (κ3) is 2.56. The molecule has 0 radical (unpaired) electrons. The van der Waals surface area contributed by atoms with Crippen LogP contribution in [0.3, 0.4) is 0 Å². The van der Waals surface area contributed by atoms with Crippen LogP contribution in [0.1, 0.15) is 45.8 Å². The van der Waals surface area contributed by atoms with Crippen LogP contribution in [0.25, 0.3) is 0 Å². The standard InChI is InChI=1S/C13H17BF3NO2/c1-8-6-9(7-18-10(8)13(15,16)17)14-19-11(2,3)12(4,5)20-14/h6-7H,1-5H3/i1D3,6D,7D. The van der Waals surface area contributed by atoms with E-state index in [1.54, 1.807) is 27.7 Å². The SMILES string of the molecule is [2H]c1nc(C(F)(F)F)c(C([2H])([2H])[2H])c([2H])c1B1OC(C)(C)C(C)(C)O1. The molecule has 1 aliphatic rings. The Morgan fingerprint density at radius 3 is 2.25 bits per heavy atom. The van der Waals surface area contributed by atoms with Gasteiger partial charge in [0.25, 0.3) is 0 Å². The minimum atomic E-state index is -5.11. The molecular weight excluding hydrogens is 270 g/mol. The number of nitrogens with zero attached hydrogens (tertiary/aromatic N) is 1. The first-order chi connectivity index (χ1) is 11.0. The van der Waals surface area contributed by atoms with Crippen molar-refractivity contribution in [3.05, 3.63) is 23.5 Å². The van der Waals surface area contributed by atoms with Crippen LogP contribution in [-0.2, 0) is 15.5 Å². The highest BCUT2D eigenvalue weighted by molar-refractivity contribution is 6.62. The van der Waals surface area contributed by atoms with Crippen molar-refractivity contribution < 1.29 is 29.3 Å². The lowest BCUT2D eigenvalue weighted by Gasteiger charge is -2.32. The summed E-state index contributed by atoms with van der Waals surface area (Å²) in [6.45, 7) is 3.50. The molecule has 0 unspecified atom stereocenters. The minimum Gasteiger partial charge on any atom is -0.399 e. The van der Waals surface area contributed by atoms with Crippen LogP contribution in [0.2, 0.25) is 0 Å². The molecule has 0 atom stereocenters. The molecule has 0 aromatic carbocycles. The number of halogens is 3. The van der Waals surface area contributed by atoms with Crippen molar-refractivity contribution in [2.45, 2.75) is 51.9 Å². The molecule has 1 saturated heterocycles. The molecule has 7 heteroatoms. The van der Waals surface area contributed by atoms with Gasteiger partial charge in [-0.2, -0.15) is 13.2 Å². The maximum atomic E-state index is 13.2. The van der Waals surface area contributed by atoms with Crippen LogP contribution in [0, 0.1) is 6.85 Å². The van der Waals surface area contributed by atoms with Crippen LogP contribution in [0.5, 0.6) is 0 Å². The number of pyridine rings is 1. The van der Waals surface area contributed by atoms with Gasteiger partial charge in [0.1, 0.15) is 5.69 Å². The lowest BCUT2D eigenvalue weighted by atomic mass is 9.79. The Bertz CT molecular complexity index is 690. The molecule has 0 aliphatic carbocycles. The maximum absolute atomic E-state index is 13.2. The van der Waals surface area contributed by atoms with E-state index < -0.39 is 60.3 Å². The molecule has 1 aromatic rings. The summed E-state index contributed by atoms with van der Waals surface area (Å²) in [5.41, 5.74) is -5.21. The second kappa shape index (κ2) is 4.46. The lowest BCUT2D eigenvalue weighted by Crippen LogP contribution is -2.41. The van der Waals surface area contributed by atoms with Crippen LogP contribution in [0.4, 0.5) is 13.2 Å². The quantitative estimate of drug-likeness (QED) is 0.746. The monoisotopic (exact) mass is 292 g/mol. The van der Waals surface area contributed by atoms with Gasteiger partial charge < -0.3 is 9.31 Å². The molecule has 3 nitrogen and oxygen atoms in total. The average molecular weight is 292 g/mol. The van der Waals surface area contributed by atoms with Gasteiger partial charge in [0.2, 0.25) is 0 Å². The normalized spacial score (nSPS) is 25.6. The van der Waals surface area contributed by atoms with Crippen LogP contribution in [-0.4, -0.2) is 23.3 Å². The Hall–Kier alpha value is -1.08. The molecule has 0 amide bonds. The number of rotatable bonds is 1. The predicted molar refractivity (Wildman–Crippen MR) is 69.7 cm³/mol. The van der Waals surface area contributed by atoms with E-state index in [1.165, 1.54) is 0 Å². The van der Waals surface area contributed by atoms with Crippen molar-refractivity contribution in [3.8, 4) is 0 Å². The van der Waals surface area contributed by atoms with Crippen molar-refractivity contribution in [2.24, 2.45) is 0 Å². The Labute approximate surface area is 123 Å². The molecule has 0 spiro atoms. The van der Waals surface area contributed by atoms with Crippen molar-refractivity contribution in [1.82, 2.24) is 4.98 Å². The minimum absolute atomic E-state index is 0.433. The summed E-state index contributed by atoms with van der Waals surface area (Å²) in [5, 5.41) is 0. The van der Waals surface area contributed by atoms with E-state index in [1.807, 2.05) is 0 Å². The molecular formula is C13H17BF3NO2. The second-order valence-electron chi connectivity index (χ2n) is 5.57. The molecule has 110 valence electrons. The van der Waals surface area contributed by atoms with Crippen LogP contribution < -0.4 is 5.46 Å². The molecule has 1 aliphatic heterocycles. The summed E-state index contributed by atoms with van der Waals surface area (Å²) < 4.78 is 88.6. The zero-order valence-electron chi connectivity index (χ0n) is 16.5. The highest BCUT2D eigenvalue weighted by Crippen LogP contribution is 2.36. The van der Waals surface area contributed by atoms with Gasteiger partial charge in [0, 0.05) is 15.7 Å². The van der Waals surface area contributed by atoms with Gasteiger partial charge >= 0.3 is 13.3 Å². The molecule has 2 rings (SSSR count).